The van der Waals surface area contributed by atoms with Crippen LogP contribution in [0.15, 0.2) is 18.2 Å². The second kappa shape index (κ2) is 7.08. The Morgan fingerprint density at radius 1 is 1.24 bits per heavy atom. The lowest BCUT2D eigenvalue weighted by atomic mass is 9.98. The molecule has 3 heteroatoms. The first kappa shape index (κ1) is 16.0. The van der Waals surface area contributed by atoms with E-state index < -0.39 is 6.10 Å². The van der Waals surface area contributed by atoms with Crippen LogP contribution in [0.1, 0.15) is 55.4 Å². The molecule has 0 radical (unpaired) electrons. The molecule has 1 aromatic carbocycles. The van der Waals surface area contributed by atoms with E-state index in [1.807, 2.05) is 30.9 Å². The van der Waals surface area contributed by atoms with Crippen molar-refractivity contribution in [3.05, 3.63) is 34.9 Å². The van der Waals surface area contributed by atoms with Crippen LogP contribution in [0.4, 0.5) is 0 Å². The summed E-state index contributed by atoms with van der Waals surface area (Å²) < 4.78 is 0. The van der Waals surface area contributed by atoms with E-state index in [4.69, 9.17) is 0 Å². The molecule has 2 rings (SSSR count). The van der Waals surface area contributed by atoms with Crippen LogP contribution in [0.2, 0.25) is 0 Å². The zero-order valence-corrected chi connectivity index (χ0v) is 13.4. The van der Waals surface area contributed by atoms with Gasteiger partial charge in [0.2, 0.25) is 5.91 Å². The highest BCUT2D eigenvalue weighted by Crippen LogP contribution is 2.24. The van der Waals surface area contributed by atoms with Gasteiger partial charge in [-0.15, -0.1) is 0 Å². The van der Waals surface area contributed by atoms with Crippen molar-refractivity contribution in [1.29, 1.82) is 0 Å². The summed E-state index contributed by atoms with van der Waals surface area (Å²) >= 11 is 0. The van der Waals surface area contributed by atoms with E-state index in [2.05, 4.69) is 13.0 Å². The van der Waals surface area contributed by atoms with Gasteiger partial charge in [0.15, 0.2) is 0 Å². The summed E-state index contributed by atoms with van der Waals surface area (Å²) in [6, 6.07) is 6.11. The van der Waals surface area contributed by atoms with Gasteiger partial charge in [-0.05, 0) is 38.2 Å². The Hall–Kier alpha value is -1.35. The third-order valence-electron chi connectivity index (χ3n) is 4.53. The van der Waals surface area contributed by atoms with Crippen LogP contribution in [0.5, 0.6) is 0 Å². The van der Waals surface area contributed by atoms with Gasteiger partial charge >= 0.3 is 0 Å². The Morgan fingerprint density at radius 3 is 2.52 bits per heavy atom. The maximum Gasteiger partial charge on any atom is 0.222 e. The third-order valence-corrected chi connectivity index (χ3v) is 4.53. The number of carbonyl (C=O) groups excluding carboxylic acids is 1. The third kappa shape index (κ3) is 4.31. The first-order valence-electron chi connectivity index (χ1n) is 8.03. The second-order valence-corrected chi connectivity index (χ2v) is 6.38. The monoisotopic (exact) mass is 289 g/mol. The van der Waals surface area contributed by atoms with E-state index in [9.17, 15) is 9.90 Å². The highest BCUT2D eigenvalue weighted by atomic mass is 16.3. The molecule has 2 atom stereocenters. The van der Waals surface area contributed by atoms with Crippen LogP contribution in [-0.2, 0) is 4.79 Å². The lowest BCUT2D eigenvalue weighted by molar-refractivity contribution is -0.132. The van der Waals surface area contributed by atoms with E-state index in [-0.39, 0.29) is 5.91 Å². The lowest BCUT2D eigenvalue weighted by Gasteiger charge is -2.24. The number of hydrogen-bond donors (Lipinski definition) is 1. The van der Waals surface area contributed by atoms with Crippen LogP contribution in [0, 0.1) is 19.8 Å². The van der Waals surface area contributed by atoms with Gasteiger partial charge in [-0.2, -0.15) is 0 Å². The Kier molecular flexibility index (Phi) is 5.40. The fourth-order valence-corrected chi connectivity index (χ4v) is 3.21. The fraction of sp³-hybridized carbons (Fsp3) is 0.611. The minimum absolute atomic E-state index is 0.189. The van der Waals surface area contributed by atoms with Gasteiger partial charge < -0.3 is 10.0 Å². The molecule has 1 aliphatic rings. The molecule has 116 valence electrons. The first-order valence-corrected chi connectivity index (χ1v) is 8.03. The summed E-state index contributed by atoms with van der Waals surface area (Å²) in [5, 5.41) is 10.5. The molecule has 2 unspecified atom stereocenters. The van der Waals surface area contributed by atoms with Gasteiger partial charge in [-0.3, -0.25) is 4.79 Å². The second-order valence-electron chi connectivity index (χ2n) is 6.38. The predicted octanol–water partition coefficient (Wildman–Crippen LogP) is 3.38. The highest BCUT2D eigenvalue weighted by molar-refractivity contribution is 5.76. The lowest BCUT2D eigenvalue weighted by Crippen LogP contribution is -2.34. The molecular weight excluding hydrogens is 262 g/mol. The zero-order valence-electron chi connectivity index (χ0n) is 13.4. The molecule has 0 aliphatic carbocycles. The summed E-state index contributed by atoms with van der Waals surface area (Å²) in [6.45, 7) is 7.45. The Bertz CT molecular complexity index is 478. The molecule has 0 bridgehead atoms. The van der Waals surface area contributed by atoms with E-state index in [1.54, 1.807) is 0 Å². The summed E-state index contributed by atoms with van der Waals surface area (Å²) in [4.78, 5) is 14.0. The highest BCUT2D eigenvalue weighted by Gasteiger charge is 2.23. The standard InChI is InChI=1S/C18H27NO2/c1-4-15-5-6-18(21)19(8-7-15)12-17(20)16-10-13(2)9-14(3)11-16/h9-11,15,17,20H,4-8,12H2,1-3H3. The smallest absolute Gasteiger partial charge is 0.222 e. The van der Waals surface area contributed by atoms with Crippen LogP contribution < -0.4 is 0 Å². The molecule has 1 N–H and O–H groups in total. The Balaban J connectivity index is 2.04. The van der Waals surface area contributed by atoms with Crippen LogP contribution >= 0.6 is 0 Å². The number of aliphatic hydroxyl groups excluding tert-OH is 1. The molecule has 1 amide bonds. The molecule has 1 saturated heterocycles. The van der Waals surface area contributed by atoms with Crippen molar-refractivity contribution < 1.29 is 9.90 Å². The predicted molar refractivity (Wildman–Crippen MR) is 85.1 cm³/mol. The van der Waals surface area contributed by atoms with Crippen molar-refractivity contribution >= 4 is 5.91 Å². The molecular formula is C18H27NO2. The average Bonchev–Trinajstić information content (AvgIpc) is 2.60. The summed E-state index contributed by atoms with van der Waals surface area (Å²) in [6.07, 6.45) is 3.22. The van der Waals surface area contributed by atoms with E-state index in [1.165, 1.54) is 0 Å². The minimum atomic E-state index is -0.592. The molecule has 1 fully saturated rings. The number of aliphatic hydroxyl groups is 1. The molecule has 0 spiro atoms. The van der Waals surface area contributed by atoms with Gasteiger partial charge in [-0.25, -0.2) is 0 Å². The quantitative estimate of drug-likeness (QED) is 0.923. The van der Waals surface area contributed by atoms with Gasteiger partial charge in [0, 0.05) is 13.0 Å². The zero-order chi connectivity index (χ0) is 15.4. The molecule has 1 aliphatic heterocycles. The van der Waals surface area contributed by atoms with Crippen LogP contribution in [0.3, 0.4) is 0 Å². The normalized spacial score (nSPS) is 21.2. The van der Waals surface area contributed by atoms with Crippen LogP contribution in [-0.4, -0.2) is 29.0 Å². The van der Waals surface area contributed by atoms with Crippen molar-refractivity contribution in [2.24, 2.45) is 5.92 Å². The fourth-order valence-electron chi connectivity index (χ4n) is 3.21. The number of benzene rings is 1. The maximum atomic E-state index is 12.2. The summed E-state index contributed by atoms with van der Waals surface area (Å²) in [7, 11) is 0. The van der Waals surface area contributed by atoms with Crippen molar-refractivity contribution in [2.45, 2.75) is 52.6 Å². The molecule has 1 aromatic rings. The van der Waals surface area contributed by atoms with Gasteiger partial charge in [0.1, 0.15) is 0 Å². The molecule has 3 nitrogen and oxygen atoms in total. The maximum absolute atomic E-state index is 12.2. The van der Waals surface area contributed by atoms with Gasteiger partial charge in [0.05, 0.1) is 12.6 Å². The van der Waals surface area contributed by atoms with Crippen molar-refractivity contribution in [3.8, 4) is 0 Å². The molecule has 1 heterocycles. The van der Waals surface area contributed by atoms with Gasteiger partial charge in [0.25, 0.3) is 0 Å². The van der Waals surface area contributed by atoms with Crippen molar-refractivity contribution in [2.75, 3.05) is 13.1 Å². The van der Waals surface area contributed by atoms with E-state index in [0.717, 1.165) is 42.5 Å². The number of nitrogens with zero attached hydrogens (tertiary/aromatic N) is 1. The molecule has 0 aromatic heterocycles. The summed E-state index contributed by atoms with van der Waals surface area (Å²) in [5.41, 5.74) is 3.21. The number of β-amino-alcohol motifs (C(OH)–C–C–N with tert-alkyl or cyclic N) is 1. The number of rotatable bonds is 4. The number of carbonyl (C=O) groups is 1. The van der Waals surface area contributed by atoms with Crippen molar-refractivity contribution in [3.63, 3.8) is 0 Å². The molecule has 21 heavy (non-hydrogen) atoms. The number of aryl methyl sites for hydroxylation is 2. The van der Waals surface area contributed by atoms with Gasteiger partial charge in [-0.1, -0.05) is 42.7 Å². The number of hydrogen-bond acceptors (Lipinski definition) is 2. The first-order chi connectivity index (χ1) is 9.99. The minimum Gasteiger partial charge on any atom is -0.387 e. The molecule has 0 saturated carbocycles. The largest absolute Gasteiger partial charge is 0.387 e. The topological polar surface area (TPSA) is 40.5 Å². The summed E-state index contributed by atoms with van der Waals surface area (Å²) in [5.74, 6) is 0.840. The average molecular weight is 289 g/mol. The van der Waals surface area contributed by atoms with E-state index >= 15 is 0 Å². The number of likely N-dealkylation sites (tertiary alicyclic amines) is 1. The number of amides is 1. The van der Waals surface area contributed by atoms with Crippen LogP contribution in [0.25, 0.3) is 0 Å². The Morgan fingerprint density at radius 2 is 1.90 bits per heavy atom. The van der Waals surface area contributed by atoms with Crippen molar-refractivity contribution in [1.82, 2.24) is 4.90 Å². The SMILES string of the molecule is CCC1CCC(=O)N(CC(O)c2cc(C)cc(C)c2)CC1. The Labute approximate surface area is 128 Å². The van der Waals surface area contributed by atoms with E-state index in [0.29, 0.717) is 18.9 Å².